The Morgan fingerprint density at radius 1 is 1.38 bits per heavy atom. The van der Waals surface area contributed by atoms with Gasteiger partial charge in [0.05, 0.1) is 0 Å². The summed E-state index contributed by atoms with van der Waals surface area (Å²) in [5, 5.41) is 3.47. The van der Waals surface area contributed by atoms with E-state index in [-0.39, 0.29) is 0 Å². The Hall–Kier alpha value is -1.93. The van der Waals surface area contributed by atoms with E-state index in [1.807, 2.05) is 32.1 Å². The molecule has 0 heterocycles. The third kappa shape index (κ3) is 3.33. The Bertz CT molecular complexity index is 443. The van der Waals surface area contributed by atoms with Crippen molar-refractivity contribution >= 4 is 11.8 Å². The summed E-state index contributed by atoms with van der Waals surface area (Å²) in [6.45, 7) is 4.52. The largest absolute Gasteiger partial charge is 0.399 e. The van der Waals surface area contributed by atoms with Gasteiger partial charge in [-0.25, -0.2) is 0 Å². The number of azide groups is 1. The molecule has 0 amide bonds. The molecule has 0 bridgehead atoms. The topological polar surface area (TPSA) is 74.8 Å². The summed E-state index contributed by atoms with van der Waals surface area (Å²) in [4.78, 5) is 2.70. The van der Waals surface area contributed by atoms with Crippen molar-refractivity contribution in [2.24, 2.45) is 5.11 Å². The van der Waals surface area contributed by atoms with Crippen molar-refractivity contribution in [3.05, 3.63) is 45.3 Å². The van der Waals surface area contributed by atoms with E-state index in [4.69, 9.17) is 11.3 Å². The van der Waals surface area contributed by atoms with Crippen LogP contribution in [0.3, 0.4) is 0 Å². The second kappa shape index (κ2) is 5.83. The lowest BCUT2D eigenvalue weighted by Gasteiger charge is -2.05. The van der Waals surface area contributed by atoms with E-state index in [0.717, 1.165) is 28.8 Å². The summed E-state index contributed by atoms with van der Waals surface area (Å²) in [5.74, 6) is 0. The van der Waals surface area contributed by atoms with E-state index in [0.29, 0.717) is 6.54 Å². The third-order valence-electron chi connectivity index (χ3n) is 2.41. The number of benzene rings is 1. The lowest BCUT2D eigenvalue weighted by Crippen LogP contribution is -1.92. The molecule has 0 unspecified atom stereocenters. The molecule has 0 radical (unpaired) electrons. The van der Waals surface area contributed by atoms with Crippen molar-refractivity contribution in [3.8, 4) is 0 Å². The summed E-state index contributed by atoms with van der Waals surface area (Å²) in [7, 11) is 0. The fraction of sp³-hybridized carbons (Fsp3) is 0.333. The van der Waals surface area contributed by atoms with Crippen LogP contribution in [0.15, 0.2) is 23.3 Å². The minimum Gasteiger partial charge on any atom is -0.399 e. The molecule has 0 aliphatic rings. The molecular formula is C12H16N4. The van der Waals surface area contributed by atoms with E-state index in [1.165, 1.54) is 0 Å². The molecule has 1 aromatic carbocycles. The molecule has 1 rings (SSSR count). The number of nitrogens with two attached hydrogens (primary N) is 1. The van der Waals surface area contributed by atoms with Gasteiger partial charge in [0, 0.05) is 17.1 Å². The number of aryl methyl sites for hydroxylation is 2. The minimum atomic E-state index is 0.500. The first-order valence-corrected chi connectivity index (χ1v) is 5.19. The van der Waals surface area contributed by atoms with Gasteiger partial charge in [0.25, 0.3) is 0 Å². The molecule has 0 spiro atoms. The van der Waals surface area contributed by atoms with Crippen molar-refractivity contribution in [3.63, 3.8) is 0 Å². The van der Waals surface area contributed by atoms with Crippen LogP contribution in [0, 0.1) is 13.8 Å². The van der Waals surface area contributed by atoms with Crippen LogP contribution in [-0.4, -0.2) is 6.54 Å². The highest BCUT2D eigenvalue weighted by Crippen LogP contribution is 2.18. The molecule has 0 aromatic heterocycles. The van der Waals surface area contributed by atoms with Gasteiger partial charge >= 0.3 is 0 Å². The summed E-state index contributed by atoms with van der Waals surface area (Å²) >= 11 is 0. The molecular weight excluding hydrogens is 200 g/mol. The summed E-state index contributed by atoms with van der Waals surface area (Å²) in [5.41, 5.74) is 18.1. The van der Waals surface area contributed by atoms with Gasteiger partial charge in [-0.3, -0.25) is 0 Å². The smallest absolute Gasteiger partial charge is 0.0346 e. The summed E-state index contributed by atoms with van der Waals surface area (Å²) in [6.07, 6.45) is 4.80. The average Bonchev–Trinajstić information content (AvgIpc) is 2.25. The monoisotopic (exact) mass is 216 g/mol. The Labute approximate surface area is 95.4 Å². The lowest BCUT2D eigenvalue weighted by molar-refractivity contribution is 0.995. The second-order valence-corrected chi connectivity index (χ2v) is 3.71. The van der Waals surface area contributed by atoms with Gasteiger partial charge in [-0.1, -0.05) is 17.3 Å². The van der Waals surface area contributed by atoms with Crippen LogP contribution >= 0.6 is 0 Å². The van der Waals surface area contributed by atoms with E-state index < -0.39 is 0 Å². The minimum absolute atomic E-state index is 0.500. The van der Waals surface area contributed by atoms with Gasteiger partial charge in [0.2, 0.25) is 0 Å². The van der Waals surface area contributed by atoms with E-state index >= 15 is 0 Å². The van der Waals surface area contributed by atoms with Gasteiger partial charge < -0.3 is 5.73 Å². The predicted molar refractivity (Wildman–Crippen MR) is 68.0 cm³/mol. The number of hydrogen-bond acceptors (Lipinski definition) is 2. The molecule has 84 valence electrons. The van der Waals surface area contributed by atoms with Crippen LogP contribution in [-0.2, 0) is 0 Å². The normalized spacial score (nSPS) is 10.4. The third-order valence-corrected chi connectivity index (χ3v) is 2.41. The van der Waals surface area contributed by atoms with E-state index in [9.17, 15) is 0 Å². The fourth-order valence-electron chi connectivity index (χ4n) is 1.43. The number of rotatable bonds is 4. The second-order valence-electron chi connectivity index (χ2n) is 3.71. The maximum absolute atomic E-state index is 8.11. The number of anilines is 1. The zero-order valence-corrected chi connectivity index (χ0v) is 9.64. The molecule has 0 aliphatic carbocycles. The molecule has 0 fully saturated rings. The Morgan fingerprint density at radius 2 is 2.12 bits per heavy atom. The maximum atomic E-state index is 8.11. The van der Waals surface area contributed by atoms with Gasteiger partial charge in [0.1, 0.15) is 0 Å². The van der Waals surface area contributed by atoms with Crippen LogP contribution in [0.1, 0.15) is 23.1 Å². The Balaban J connectivity index is 2.73. The first kappa shape index (κ1) is 12.1. The molecule has 4 heteroatoms. The molecule has 0 aliphatic heterocycles. The molecule has 0 saturated heterocycles. The molecule has 2 N–H and O–H groups in total. The van der Waals surface area contributed by atoms with Crippen molar-refractivity contribution in [1.82, 2.24) is 0 Å². The lowest BCUT2D eigenvalue weighted by atomic mass is 10.0. The molecule has 16 heavy (non-hydrogen) atoms. The standard InChI is InChI=1S/C12H16N4/c1-9-8-12(13)10(2)7-11(9)5-3-4-6-15-16-14/h3,5,7-8H,4,6,13H2,1-2H3. The highest BCUT2D eigenvalue weighted by Gasteiger charge is 1.98. The summed E-state index contributed by atoms with van der Waals surface area (Å²) in [6, 6.07) is 4.04. The van der Waals surface area contributed by atoms with Crippen LogP contribution in [0.4, 0.5) is 5.69 Å². The Kier molecular flexibility index (Phi) is 4.42. The van der Waals surface area contributed by atoms with E-state index in [2.05, 4.69) is 16.1 Å². The van der Waals surface area contributed by atoms with Gasteiger partial charge in [-0.15, -0.1) is 0 Å². The van der Waals surface area contributed by atoms with Crippen molar-refractivity contribution in [2.75, 3.05) is 12.3 Å². The van der Waals surface area contributed by atoms with Crippen LogP contribution < -0.4 is 5.73 Å². The number of hydrogen-bond donors (Lipinski definition) is 1. The first-order valence-electron chi connectivity index (χ1n) is 5.19. The van der Waals surface area contributed by atoms with Crippen molar-refractivity contribution in [2.45, 2.75) is 20.3 Å². The fourth-order valence-corrected chi connectivity index (χ4v) is 1.43. The quantitative estimate of drug-likeness (QED) is 0.270. The Morgan fingerprint density at radius 3 is 2.81 bits per heavy atom. The zero-order chi connectivity index (χ0) is 12.0. The van der Waals surface area contributed by atoms with Crippen molar-refractivity contribution < 1.29 is 0 Å². The number of nitrogen functional groups attached to an aromatic ring is 1. The number of nitrogens with zero attached hydrogens (tertiary/aromatic N) is 3. The highest BCUT2D eigenvalue weighted by atomic mass is 15.1. The van der Waals surface area contributed by atoms with Crippen LogP contribution in [0.5, 0.6) is 0 Å². The van der Waals surface area contributed by atoms with Gasteiger partial charge in [-0.05, 0) is 54.6 Å². The molecule has 0 atom stereocenters. The maximum Gasteiger partial charge on any atom is 0.0346 e. The zero-order valence-electron chi connectivity index (χ0n) is 9.64. The highest BCUT2D eigenvalue weighted by molar-refractivity contribution is 5.61. The van der Waals surface area contributed by atoms with Gasteiger partial charge in [-0.2, -0.15) is 0 Å². The molecule has 0 saturated carbocycles. The molecule has 1 aromatic rings. The summed E-state index contributed by atoms with van der Waals surface area (Å²) < 4.78 is 0. The van der Waals surface area contributed by atoms with Crippen LogP contribution in [0.2, 0.25) is 0 Å². The van der Waals surface area contributed by atoms with Crippen LogP contribution in [0.25, 0.3) is 16.5 Å². The molecule has 4 nitrogen and oxygen atoms in total. The van der Waals surface area contributed by atoms with Crippen molar-refractivity contribution in [1.29, 1.82) is 0 Å². The first-order chi connectivity index (χ1) is 7.65. The average molecular weight is 216 g/mol. The van der Waals surface area contributed by atoms with Gasteiger partial charge in [0.15, 0.2) is 0 Å². The van der Waals surface area contributed by atoms with E-state index in [1.54, 1.807) is 0 Å². The predicted octanol–water partition coefficient (Wildman–Crippen LogP) is 3.60. The SMILES string of the molecule is Cc1cc(C=CCCN=[N+]=[N-])c(C)cc1N.